The highest BCUT2D eigenvalue weighted by atomic mass is 15.2. The molecule has 1 unspecified atom stereocenters. The Kier molecular flexibility index (Phi) is 4.09. The Morgan fingerprint density at radius 3 is 2.94 bits per heavy atom. The fraction of sp³-hybridized carbons (Fsp3) is 0.538. The van der Waals surface area contributed by atoms with Crippen LogP contribution in [0.5, 0.6) is 0 Å². The van der Waals surface area contributed by atoms with Crippen molar-refractivity contribution in [1.29, 1.82) is 0 Å². The second kappa shape index (κ2) is 5.77. The molecule has 2 heterocycles. The molecule has 1 atom stereocenters. The molecular formula is C13H20N4. The van der Waals surface area contributed by atoms with Crippen molar-refractivity contribution in [1.82, 2.24) is 19.9 Å². The summed E-state index contributed by atoms with van der Waals surface area (Å²) >= 11 is 0. The number of rotatable bonds is 6. The zero-order chi connectivity index (χ0) is 12.1. The standard InChI is InChI=1S/C13H20N4/c1-3-5-12(15-6-4-2)11-9-16-17-8-7-14-10-13(11)17/h7-10,12,15H,3-6H2,1-2H3. The largest absolute Gasteiger partial charge is 0.310 e. The average molecular weight is 232 g/mol. The SMILES string of the molecule is CCCNC(CCC)c1cnn2ccncc12. The van der Waals surface area contributed by atoms with Gasteiger partial charge in [-0.2, -0.15) is 5.10 Å². The molecule has 0 aliphatic heterocycles. The van der Waals surface area contributed by atoms with E-state index in [2.05, 4.69) is 29.2 Å². The van der Waals surface area contributed by atoms with Gasteiger partial charge in [0, 0.05) is 24.0 Å². The Morgan fingerprint density at radius 1 is 1.29 bits per heavy atom. The zero-order valence-corrected chi connectivity index (χ0v) is 10.6. The molecular weight excluding hydrogens is 212 g/mol. The summed E-state index contributed by atoms with van der Waals surface area (Å²) < 4.78 is 1.89. The van der Waals surface area contributed by atoms with Crippen LogP contribution < -0.4 is 5.32 Å². The third kappa shape index (κ3) is 2.64. The van der Waals surface area contributed by atoms with E-state index in [9.17, 15) is 0 Å². The Hall–Kier alpha value is -1.42. The van der Waals surface area contributed by atoms with Gasteiger partial charge >= 0.3 is 0 Å². The van der Waals surface area contributed by atoms with Gasteiger partial charge in [-0.25, -0.2) is 4.52 Å². The fourth-order valence-electron chi connectivity index (χ4n) is 2.10. The molecule has 4 nitrogen and oxygen atoms in total. The van der Waals surface area contributed by atoms with Crippen LogP contribution in [0.25, 0.3) is 5.52 Å². The van der Waals surface area contributed by atoms with Gasteiger partial charge in [-0.3, -0.25) is 4.98 Å². The predicted molar refractivity (Wildman–Crippen MR) is 68.9 cm³/mol. The average Bonchev–Trinajstić information content (AvgIpc) is 2.78. The van der Waals surface area contributed by atoms with Crippen molar-refractivity contribution >= 4 is 5.52 Å². The summed E-state index contributed by atoms with van der Waals surface area (Å²) in [5, 5.41) is 7.95. The van der Waals surface area contributed by atoms with E-state index in [0.29, 0.717) is 6.04 Å². The topological polar surface area (TPSA) is 42.2 Å². The monoisotopic (exact) mass is 232 g/mol. The lowest BCUT2D eigenvalue weighted by molar-refractivity contribution is 0.496. The van der Waals surface area contributed by atoms with Crippen LogP contribution in [0.15, 0.2) is 24.8 Å². The van der Waals surface area contributed by atoms with Gasteiger partial charge in [-0.05, 0) is 19.4 Å². The van der Waals surface area contributed by atoms with Gasteiger partial charge in [0.25, 0.3) is 0 Å². The summed E-state index contributed by atoms with van der Waals surface area (Å²) in [5.74, 6) is 0. The first-order valence-electron chi connectivity index (χ1n) is 6.37. The van der Waals surface area contributed by atoms with E-state index < -0.39 is 0 Å². The highest BCUT2D eigenvalue weighted by molar-refractivity contribution is 5.53. The van der Waals surface area contributed by atoms with Crippen LogP contribution in [-0.4, -0.2) is 21.1 Å². The van der Waals surface area contributed by atoms with E-state index in [0.717, 1.165) is 24.9 Å². The molecule has 2 rings (SSSR count). The maximum atomic E-state index is 4.37. The number of hydrogen-bond donors (Lipinski definition) is 1. The second-order valence-corrected chi connectivity index (χ2v) is 4.30. The van der Waals surface area contributed by atoms with E-state index in [1.165, 1.54) is 12.0 Å². The molecule has 0 fully saturated rings. The van der Waals surface area contributed by atoms with Gasteiger partial charge in [-0.15, -0.1) is 0 Å². The first-order valence-corrected chi connectivity index (χ1v) is 6.37. The minimum Gasteiger partial charge on any atom is -0.310 e. The van der Waals surface area contributed by atoms with Gasteiger partial charge < -0.3 is 5.32 Å². The Labute approximate surface area is 102 Å². The highest BCUT2D eigenvalue weighted by Gasteiger charge is 2.14. The second-order valence-electron chi connectivity index (χ2n) is 4.30. The fourth-order valence-corrected chi connectivity index (χ4v) is 2.10. The van der Waals surface area contributed by atoms with Gasteiger partial charge in [0.1, 0.15) is 0 Å². The number of hydrogen-bond acceptors (Lipinski definition) is 3. The molecule has 17 heavy (non-hydrogen) atoms. The summed E-state index contributed by atoms with van der Waals surface area (Å²) in [5.41, 5.74) is 2.36. The normalized spacial score (nSPS) is 13.1. The van der Waals surface area contributed by atoms with E-state index >= 15 is 0 Å². The zero-order valence-electron chi connectivity index (χ0n) is 10.6. The lowest BCUT2D eigenvalue weighted by atomic mass is 10.0. The van der Waals surface area contributed by atoms with Gasteiger partial charge in [0.05, 0.1) is 17.9 Å². The van der Waals surface area contributed by atoms with Crippen LogP contribution in [0, 0.1) is 0 Å². The molecule has 0 radical (unpaired) electrons. The highest BCUT2D eigenvalue weighted by Crippen LogP contribution is 2.22. The smallest absolute Gasteiger partial charge is 0.0892 e. The molecule has 0 aliphatic rings. The molecule has 0 amide bonds. The van der Waals surface area contributed by atoms with Crippen molar-refractivity contribution in [3.8, 4) is 0 Å². The number of nitrogens with zero attached hydrogens (tertiary/aromatic N) is 3. The third-order valence-electron chi connectivity index (χ3n) is 2.95. The van der Waals surface area contributed by atoms with Crippen molar-refractivity contribution in [2.75, 3.05) is 6.54 Å². The van der Waals surface area contributed by atoms with Crippen molar-refractivity contribution in [3.05, 3.63) is 30.4 Å². The number of aromatic nitrogens is 3. The van der Waals surface area contributed by atoms with E-state index in [1.807, 2.05) is 23.1 Å². The predicted octanol–water partition coefficient (Wildman–Crippen LogP) is 2.57. The van der Waals surface area contributed by atoms with Crippen LogP contribution in [-0.2, 0) is 0 Å². The lowest BCUT2D eigenvalue weighted by Crippen LogP contribution is -2.21. The summed E-state index contributed by atoms with van der Waals surface area (Å²) in [7, 11) is 0. The maximum absolute atomic E-state index is 4.37. The summed E-state index contributed by atoms with van der Waals surface area (Å²) in [6, 6.07) is 0.390. The van der Waals surface area contributed by atoms with Crippen molar-refractivity contribution in [3.63, 3.8) is 0 Å². The van der Waals surface area contributed by atoms with Crippen LogP contribution >= 0.6 is 0 Å². The molecule has 2 aromatic rings. The van der Waals surface area contributed by atoms with Gasteiger partial charge in [0.15, 0.2) is 0 Å². The summed E-state index contributed by atoms with van der Waals surface area (Å²) in [4.78, 5) is 4.18. The Bertz CT molecular complexity index is 463. The first-order chi connectivity index (χ1) is 8.36. The summed E-state index contributed by atoms with van der Waals surface area (Å²) in [6.07, 6.45) is 10.9. The van der Waals surface area contributed by atoms with Crippen LogP contribution in [0.2, 0.25) is 0 Å². The van der Waals surface area contributed by atoms with Gasteiger partial charge in [-0.1, -0.05) is 20.3 Å². The molecule has 0 aliphatic carbocycles. The summed E-state index contributed by atoms with van der Waals surface area (Å²) in [6.45, 7) is 5.44. The minimum atomic E-state index is 0.390. The van der Waals surface area contributed by atoms with Crippen LogP contribution in [0.4, 0.5) is 0 Å². The molecule has 0 aromatic carbocycles. The van der Waals surface area contributed by atoms with Crippen molar-refractivity contribution in [2.45, 2.75) is 39.2 Å². The molecule has 0 bridgehead atoms. The molecule has 4 heteroatoms. The Balaban J connectivity index is 2.27. The molecule has 0 saturated heterocycles. The van der Waals surface area contributed by atoms with E-state index in [4.69, 9.17) is 0 Å². The first kappa shape index (κ1) is 12.0. The van der Waals surface area contributed by atoms with E-state index in [1.54, 1.807) is 6.20 Å². The van der Waals surface area contributed by atoms with Gasteiger partial charge in [0.2, 0.25) is 0 Å². The van der Waals surface area contributed by atoms with Crippen molar-refractivity contribution < 1.29 is 0 Å². The number of fused-ring (bicyclic) bond motifs is 1. The molecule has 2 aromatic heterocycles. The molecule has 1 N–H and O–H groups in total. The van der Waals surface area contributed by atoms with E-state index in [-0.39, 0.29) is 0 Å². The molecule has 0 saturated carbocycles. The maximum Gasteiger partial charge on any atom is 0.0892 e. The van der Waals surface area contributed by atoms with Crippen LogP contribution in [0.1, 0.15) is 44.7 Å². The van der Waals surface area contributed by atoms with Crippen LogP contribution in [0.3, 0.4) is 0 Å². The quantitative estimate of drug-likeness (QED) is 0.832. The van der Waals surface area contributed by atoms with Crippen molar-refractivity contribution in [2.24, 2.45) is 0 Å². The minimum absolute atomic E-state index is 0.390. The molecule has 92 valence electrons. The number of nitrogens with one attached hydrogen (secondary N) is 1. The third-order valence-corrected chi connectivity index (χ3v) is 2.95. The molecule has 0 spiro atoms. The Morgan fingerprint density at radius 2 is 2.18 bits per heavy atom. The lowest BCUT2D eigenvalue weighted by Gasteiger charge is -2.16.